The Labute approximate surface area is 160 Å². The number of nitrogens with one attached hydrogen (secondary N) is 1. The second-order valence-electron chi connectivity index (χ2n) is 5.17. The van der Waals surface area contributed by atoms with Crippen LogP contribution in [0.5, 0.6) is 11.5 Å². The number of nitrogens with zero attached hydrogens (tertiary/aromatic N) is 1. The van der Waals surface area contributed by atoms with E-state index in [9.17, 15) is 4.79 Å². The molecule has 3 N–H and O–H groups in total. The molecule has 2 rings (SSSR count). The van der Waals surface area contributed by atoms with Gasteiger partial charge in [-0.2, -0.15) is 5.10 Å². The molecule has 0 bridgehead atoms. The smallest absolute Gasteiger partial charge is 0.273 e. The van der Waals surface area contributed by atoms with Crippen LogP contribution in [0.15, 0.2) is 41.5 Å². The summed E-state index contributed by atoms with van der Waals surface area (Å²) >= 11 is 2.18. The molecule has 25 heavy (non-hydrogen) atoms. The third-order valence-corrected chi connectivity index (χ3v) is 4.09. The van der Waals surface area contributed by atoms with Crippen molar-refractivity contribution in [2.75, 3.05) is 19.5 Å². The van der Waals surface area contributed by atoms with Gasteiger partial charge in [-0.3, -0.25) is 4.79 Å². The van der Waals surface area contributed by atoms with Gasteiger partial charge in [-0.1, -0.05) is 19.1 Å². The van der Waals surface area contributed by atoms with Gasteiger partial charge in [0.2, 0.25) is 0 Å². The number of rotatable bonds is 7. The lowest BCUT2D eigenvalue weighted by Gasteiger charge is -2.12. The fraction of sp³-hybridized carbons (Fsp3) is 0.222. The van der Waals surface area contributed by atoms with Crippen LogP contribution in [0.2, 0.25) is 0 Å². The molecule has 6 nitrogen and oxygen atoms in total. The van der Waals surface area contributed by atoms with Crippen molar-refractivity contribution < 1.29 is 14.3 Å². The summed E-state index contributed by atoms with van der Waals surface area (Å²) in [6.07, 6.45) is 2.46. The van der Waals surface area contributed by atoms with E-state index < -0.39 is 0 Å². The second kappa shape index (κ2) is 9.26. The van der Waals surface area contributed by atoms with Crippen LogP contribution in [-0.2, 0) is 0 Å². The van der Waals surface area contributed by atoms with E-state index in [0.29, 0.717) is 29.4 Å². The first-order valence-electron chi connectivity index (χ1n) is 7.75. The van der Waals surface area contributed by atoms with E-state index in [-0.39, 0.29) is 5.91 Å². The summed E-state index contributed by atoms with van der Waals surface area (Å²) in [6.45, 7) is 2.66. The van der Waals surface area contributed by atoms with Crippen molar-refractivity contribution in [1.82, 2.24) is 5.43 Å². The maximum Gasteiger partial charge on any atom is 0.273 e. The van der Waals surface area contributed by atoms with E-state index in [1.165, 1.54) is 0 Å². The molecule has 0 saturated heterocycles. The summed E-state index contributed by atoms with van der Waals surface area (Å²) in [7, 11) is 1.59. The van der Waals surface area contributed by atoms with E-state index in [1.54, 1.807) is 43.7 Å². The quantitative estimate of drug-likeness (QED) is 0.291. The van der Waals surface area contributed by atoms with Crippen LogP contribution in [-0.4, -0.2) is 25.8 Å². The van der Waals surface area contributed by atoms with Gasteiger partial charge in [0, 0.05) is 5.69 Å². The number of para-hydroxylation sites is 1. The standard InChI is InChI=1S/C18H20IN3O3/c1-3-8-25-17-14(19)9-12(10-16(17)24-2)11-21-22-18(23)13-6-4-5-7-15(13)20/h4-7,9-11H,3,8,20H2,1-2H3,(H,22,23). The summed E-state index contributed by atoms with van der Waals surface area (Å²) in [5.41, 5.74) is 9.82. The second-order valence-corrected chi connectivity index (χ2v) is 6.33. The molecule has 2 aromatic rings. The van der Waals surface area contributed by atoms with Crippen LogP contribution in [0.4, 0.5) is 5.69 Å². The number of nitrogen functional groups attached to an aromatic ring is 1. The number of benzene rings is 2. The number of nitrogens with two attached hydrogens (primary N) is 1. The Morgan fingerprint density at radius 1 is 1.36 bits per heavy atom. The molecule has 2 aromatic carbocycles. The summed E-state index contributed by atoms with van der Waals surface area (Å²) in [6, 6.07) is 10.5. The average Bonchev–Trinajstić information content (AvgIpc) is 2.60. The number of amides is 1. The van der Waals surface area contributed by atoms with Crippen LogP contribution in [0.1, 0.15) is 29.3 Å². The van der Waals surface area contributed by atoms with Gasteiger partial charge in [0.15, 0.2) is 11.5 Å². The van der Waals surface area contributed by atoms with E-state index in [1.807, 2.05) is 13.0 Å². The van der Waals surface area contributed by atoms with Crippen LogP contribution < -0.4 is 20.6 Å². The molecule has 0 spiro atoms. The van der Waals surface area contributed by atoms with Gasteiger partial charge in [-0.15, -0.1) is 0 Å². The van der Waals surface area contributed by atoms with Crippen molar-refractivity contribution in [3.05, 3.63) is 51.1 Å². The maximum absolute atomic E-state index is 12.1. The molecule has 0 aliphatic rings. The molecule has 7 heteroatoms. The number of ether oxygens (including phenoxy) is 2. The summed E-state index contributed by atoms with van der Waals surface area (Å²) < 4.78 is 12.0. The molecule has 0 aliphatic heterocycles. The summed E-state index contributed by atoms with van der Waals surface area (Å²) in [4.78, 5) is 12.1. The Hall–Kier alpha value is -2.29. The molecule has 132 valence electrons. The lowest BCUT2D eigenvalue weighted by Crippen LogP contribution is -2.19. The van der Waals surface area contributed by atoms with Gasteiger partial charge >= 0.3 is 0 Å². The molecule has 1 amide bonds. The van der Waals surface area contributed by atoms with E-state index in [0.717, 1.165) is 15.6 Å². The van der Waals surface area contributed by atoms with Gasteiger partial charge in [0.1, 0.15) is 0 Å². The highest BCUT2D eigenvalue weighted by Crippen LogP contribution is 2.33. The highest BCUT2D eigenvalue weighted by atomic mass is 127. The Morgan fingerprint density at radius 2 is 2.12 bits per heavy atom. The topological polar surface area (TPSA) is 85.9 Å². The molecule has 0 fully saturated rings. The number of anilines is 1. The number of hydrazone groups is 1. The van der Waals surface area contributed by atoms with Gasteiger partial charge in [0.25, 0.3) is 5.91 Å². The largest absolute Gasteiger partial charge is 0.493 e. The van der Waals surface area contributed by atoms with Crippen molar-refractivity contribution in [2.24, 2.45) is 5.10 Å². The minimum atomic E-state index is -0.362. The minimum absolute atomic E-state index is 0.362. The van der Waals surface area contributed by atoms with Gasteiger partial charge in [-0.05, 0) is 58.8 Å². The fourth-order valence-corrected chi connectivity index (χ4v) is 2.87. The van der Waals surface area contributed by atoms with Crippen molar-refractivity contribution >= 4 is 40.4 Å². The molecule has 0 unspecified atom stereocenters. The normalized spacial score (nSPS) is 10.7. The van der Waals surface area contributed by atoms with E-state index in [2.05, 4.69) is 33.1 Å². The van der Waals surface area contributed by atoms with Crippen molar-refractivity contribution in [1.29, 1.82) is 0 Å². The van der Waals surface area contributed by atoms with Crippen molar-refractivity contribution in [2.45, 2.75) is 13.3 Å². The van der Waals surface area contributed by atoms with E-state index >= 15 is 0 Å². The Morgan fingerprint density at radius 3 is 2.80 bits per heavy atom. The first-order chi connectivity index (χ1) is 12.1. The average molecular weight is 453 g/mol. The van der Waals surface area contributed by atoms with Gasteiger partial charge in [-0.25, -0.2) is 5.43 Å². The zero-order valence-electron chi connectivity index (χ0n) is 14.1. The first kappa shape index (κ1) is 19.0. The molecule has 0 aromatic heterocycles. The zero-order valence-corrected chi connectivity index (χ0v) is 16.2. The number of hydrogen-bond donors (Lipinski definition) is 2. The Bertz CT molecular complexity index is 778. The Kier molecular flexibility index (Phi) is 7.05. The maximum atomic E-state index is 12.1. The molecular formula is C18H20IN3O3. The predicted molar refractivity (Wildman–Crippen MR) is 107 cm³/mol. The van der Waals surface area contributed by atoms with E-state index in [4.69, 9.17) is 15.2 Å². The van der Waals surface area contributed by atoms with Crippen molar-refractivity contribution in [3.63, 3.8) is 0 Å². The van der Waals surface area contributed by atoms with Crippen LogP contribution in [0, 0.1) is 3.57 Å². The molecular weight excluding hydrogens is 433 g/mol. The van der Waals surface area contributed by atoms with Crippen molar-refractivity contribution in [3.8, 4) is 11.5 Å². The Balaban J connectivity index is 2.12. The third kappa shape index (κ3) is 5.09. The number of carbonyl (C=O) groups excluding carboxylic acids is 1. The number of carbonyl (C=O) groups is 1. The van der Waals surface area contributed by atoms with Crippen LogP contribution in [0.3, 0.4) is 0 Å². The molecule has 0 heterocycles. The number of methoxy groups -OCH3 is 1. The molecule has 0 radical (unpaired) electrons. The molecule has 0 atom stereocenters. The highest BCUT2D eigenvalue weighted by Gasteiger charge is 2.11. The number of hydrogen-bond acceptors (Lipinski definition) is 5. The number of halogens is 1. The minimum Gasteiger partial charge on any atom is -0.493 e. The lowest BCUT2D eigenvalue weighted by molar-refractivity contribution is 0.0956. The van der Waals surface area contributed by atoms with Crippen LogP contribution in [0.25, 0.3) is 0 Å². The first-order valence-corrected chi connectivity index (χ1v) is 8.83. The van der Waals surface area contributed by atoms with Crippen LogP contribution >= 0.6 is 22.6 Å². The summed E-state index contributed by atoms with van der Waals surface area (Å²) in [5.74, 6) is 0.975. The zero-order chi connectivity index (χ0) is 18.2. The monoisotopic (exact) mass is 453 g/mol. The third-order valence-electron chi connectivity index (χ3n) is 3.29. The SMILES string of the molecule is CCCOc1c(I)cc(C=NNC(=O)c2ccccc2N)cc1OC. The lowest BCUT2D eigenvalue weighted by atomic mass is 10.2. The molecule has 0 saturated carbocycles. The summed E-state index contributed by atoms with van der Waals surface area (Å²) in [5, 5.41) is 3.99. The van der Waals surface area contributed by atoms with Gasteiger partial charge < -0.3 is 15.2 Å². The fourth-order valence-electron chi connectivity index (χ4n) is 2.09. The van der Waals surface area contributed by atoms with Gasteiger partial charge in [0.05, 0.1) is 29.1 Å². The highest BCUT2D eigenvalue weighted by molar-refractivity contribution is 14.1. The molecule has 0 aliphatic carbocycles. The predicted octanol–water partition coefficient (Wildman–Crippen LogP) is 3.43.